The maximum absolute atomic E-state index is 8.95. The van der Waals surface area contributed by atoms with Crippen molar-refractivity contribution in [2.45, 2.75) is 19.1 Å². The van der Waals surface area contributed by atoms with E-state index < -0.39 is 24.7 Å². The molecule has 3 unspecified atom stereocenters. The summed E-state index contributed by atoms with van der Waals surface area (Å²) in [5, 5.41) is 34.3. The lowest BCUT2D eigenvalue weighted by molar-refractivity contribution is -0.0289. The third kappa shape index (κ3) is 2.31. The molecule has 0 aliphatic carbocycles. The van der Waals surface area contributed by atoms with Gasteiger partial charge in [-0.1, -0.05) is 0 Å². The van der Waals surface area contributed by atoms with Crippen LogP contribution in [0.4, 0.5) is 0 Å². The second-order valence-corrected chi connectivity index (χ2v) is 2.16. The van der Waals surface area contributed by atoms with Crippen LogP contribution in [-0.2, 0) is 0 Å². The summed E-state index contributed by atoms with van der Waals surface area (Å²) in [6.45, 7) is 0.955. The summed E-state index contributed by atoms with van der Waals surface area (Å²) in [4.78, 5) is 0. The van der Waals surface area contributed by atoms with Gasteiger partial charge in [0, 0.05) is 0 Å². The van der Waals surface area contributed by atoms with Crippen LogP contribution < -0.4 is 0 Å². The maximum atomic E-state index is 8.95. The molecule has 4 heteroatoms. The molecule has 0 aliphatic rings. The van der Waals surface area contributed by atoms with Crippen molar-refractivity contribution in [3.63, 3.8) is 0 Å². The summed E-state index contributed by atoms with van der Waals surface area (Å²) in [5.74, 6) is -0.651. The van der Waals surface area contributed by atoms with Gasteiger partial charge in [-0.15, -0.1) is 0 Å². The van der Waals surface area contributed by atoms with E-state index in [-0.39, 0.29) is 0 Å². The van der Waals surface area contributed by atoms with E-state index in [1.807, 2.05) is 0 Å². The highest BCUT2D eigenvalue weighted by molar-refractivity contribution is 4.87. The minimum atomic E-state index is -1.21. The largest absolute Gasteiger partial charge is 0.394 e. The third-order valence-corrected chi connectivity index (χ3v) is 1.30. The van der Waals surface area contributed by atoms with E-state index >= 15 is 0 Å². The second kappa shape index (κ2) is 4.23. The predicted molar refractivity (Wildman–Crippen MR) is 33.9 cm³/mol. The molecule has 58 valence electrons. The number of hydrogen-bond acceptors (Lipinski definition) is 4. The monoisotopic (exact) mass is 145 g/mol. The molecular weight excluding hydrogens is 134 g/mol. The fraction of sp³-hybridized carbons (Fsp3) is 0.833. The molecule has 0 amide bonds. The van der Waals surface area contributed by atoms with Crippen molar-refractivity contribution in [1.82, 2.24) is 0 Å². The molecule has 0 saturated carbocycles. The number of aliphatic hydroxyl groups excluding tert-OH is 3. The van der Waals surface area contributed by atoms with E-state index in [0.717, 1.165) is 0 Å². The van der Waals surface area contributed by atoms with Crippen LogP contribution in [0.25, 0.3) is 0 Å². The van der Waals surface area contributed by atoms with Gasteiger partial charge in [0.25, 0.3) is 0 Å². The van der Waals surface area contributed by atoms with E-state index in [1.54, 1.807) is 6.07 Å². The molecule has 0 aromatic rings. The third-order valence-electron chi connectivity index (χ3n) is 1.30. The molecule has 0 saturated heterocycles. The number of rotatable bonds is 3. The molecule has 0 aromatic heterocycles. The average Bonchev–Trinajstić information content (AvgIpc) is 2.00. The predicted octanol–water partition coefficient (Wildman–Crippen LogP) is -1.14. The molecule has 0 rings (SSSR count). The van der Waals surface area contributed by atoms with Crippen LogP contribution in [0, 0.1) is 17.2 Å². The van der Waals surface area contributed by atoms with Crippen molar-refractivity contribution in [2.24, 2.45) is 5.92 Å². The van der Waals surface area contributed by atoms with Crippen LogP contribution in [0.2, 0.25) is 0 Å². The average molecular weight is 145 g/mol. The SMILES string of the molecule is CC(C#N)C(O)C(O)CO. The first-order chi connectivity index (χ1) is 4.63. The van der Waals surface area contributed by atoms with Crippen LogP contribution in [0.1, 0.15) is 6.92 Å². The van der Waals surface area contributed by atoms with Gasteiger partial charge in [0.2, 0.25) is 0 Å². The summed E-state index contributed by atoms with van der Waals surface area (Å²) in [5.41, 5.74) is 0. The van der Waals surface area contributed by atoms with Crippen molar-refractivity contribution in [1.29, 1.82) is 5.26 Å². The zero-order valence-electron chi connectivity index (χ0n) is 5.73. The molecule has 3 atom stereocenters. The lowest BCUT2D eigenvalue weighted by Crippen LogP contribution is -2.34. The highest BCUT2D eigenvalue weighted by Gasteiger charge is 2.21. The molecule has 0 fully saturated rings. The molecule has 0 aliphatic heterocycles. The Hall–Kier alpha value is -0.630. The summed E-state index contributed by atoms with van der Waals surface area (Å²) in [6.07, 6.45) is -2.37. The number of aliphatic hydroxyl groups is 3. The highest BCUT2D eigenvalue weighted by Crippen LogP contribution is 2.04. The zero-order valence-corrected chi connectivity index (χ0v) is 5.73. The fourth-order valence-corrected chi connectivity index (χ4v) is 0.518. The van der Waals surface area contributed by atoms with Crippen LogP contribution >= 0.6 is 0 Å². The van der Waals surface area contributed by atoms with Crippen LogP contribution in [0.3, 0.4) is 0 Å². The molecule has 3 N–H and O–H groups in total. The van der Waals surface area contributed by atoms with E-state index in [1.165, 1.54) is 6.92 Å². The van der Waals surface area contributed by atoms with Gasteiger partial charge in [-0.05, 0) is 6.92 Å². The Morgan fingerprint density at radius 3 is 2.30 bits per heavy atom. The van der Waals surface area contributed by atoms with Crippen LogP contribution in [-0.4, -0.2) is 34.1 Å². The highest BCUT2D eigenvalue weighted by atomic mass is 16.4. The summed E-state index contributed by atoms with van der Waals surface area (Å²) < 4.78 is 0. The second-order valence-electron chi connectivity index (χ2n) is 2.16. The molecule has 0 radical (unpaired) electrons. The Labute approximate surface area is 59.3 Å². The smallest absolute Gasteiger partial charge is 0.104 e. The lowest BCUT2D eigenvalue weighted by Gasteiger charge is -2.16. The standard InChI is InChI=1S/C6H11NO3/c1-4(2-7)6(10)5(9)3-8/h4-6,8-10H,3H2,1H3. The lowest BCUT2D eigenvalue weighted by atomic mass is 10.0. The number of nitrogens with zero attached hydrogens (tertiary/aromatic N) is 1. The Bertz CT molecular complexity index is 131. The van der Waals surface area contributed by atoms with Crippen molar-refractivity contribution < 1.29 is 15.3 Å². The Kier molecular flexibility index (Phi) is 3.96. The summed E-state index contributed by atoms with van der Waals surface area (Å²) >= 11 is 0. The van der Waals surface area contributed by atoms with Gasteiger partial charge in [-0.2, -0.15) is 5.26 Å². The summed E-state index contributed by atoms with van der Waals surface area (Å²) in [6, 6.07) is 1.76. The number of nitriles is 1. The van der Waals surface area contributed by atoms with E-state index in [2.05, 4.69) is 0 Å². The normalized spacial score (nSPS) is 19.1. The first-order valence-corrected chi connectivity index (χ1v) is 3.00. The van der Waals surface area contributed by atoms with Crippen molar-refractivity contribution in [3.8, 4) is 6.07 Å². The van der Waals surface area contributed by atoms with Gasteiger partial charge in [0.05, 0.1) is 24.7 Å². The van der Waals surface area contributed by atoms with Crippen molar-refractivity contribution >= 4 is 0 Å². The molecule has 0 heterocycles. The molecule has 0 spiro atoms. The van der Waals surface area contributed by atoms with E-state index in [9.17, 15) is 0 Å². The van der Waals surface area contributed by atoms with Crippen LogP contribution in [0.15, 0.2) is 0 Å². The Morgan fingerprint density at radius 1 is 1.50 bits per heavy atom. The van der Waals surface area contributed by atoms with Gasteiger partial charge < -0.3 is 15.3 Å². The first-order valence-electron chi connectivity index (χ1n) is 3.00. The van der Waals surface area contributed by atoms with E-state index in [0.29, 0.717) is 0 Å². The van der Waals surface area contributed by atoms with Gasteiger partial charge >= 0.3 is 0 Å². The Morgan fingerprint density at radius 2 is 2.00 bits per heavy atom. The molecular formula is C6H11NO3. The van der Waals surface area contributed by atoms with Crippen LogP contribution in [0.5, 0.6) is 0 Å². The van der Waals surface area contributed by atoms with Crippen molar-refractivity contribution in [3.05, 3.63) is 0 Å². The fourth-order valence-electron chi connectivity index (χ4n) is 0.518. The quantitative estimate of drug-likeness (QED) is 0.468. The first kappa shape index (κ1) is 9.37. The molecule has 0 bridgehead atoms. The van der Waals surface area contributed by atoms with Gasteiger partial charge in [0.15, 0.2) is 0 Å². The Balaban J connectivity index is 3.84. The van der Waals surface area contributed by atoms with Gasteiger partial charge in [0.1, 0.15) is 6.10 Å². The van der Waals surface area contributed by atoms with Gasteiger partial charge in [-0.3, -0.25) is 0 Å². The van der Waals surface area contributed by atoms with Crippen molar-refractivity contribution in [2.75, 3.05) is 6.61 Å². The molecule has 0 aromatic carbocycles. The topological polar surface area (TPSA) is 84.5 Å². The van der Waals surface area contributed by atoms with Gasteiger partial charge in [-0.25, -0.2) is 0 Å². The minimum absolute atomic E-state index is 0.521. The minimum Gasteiger partial charge on any atom is -0.394 e. The van der Waals surface area contributed by atoms with E-state index in [4.69, 9.17) is 20.6 Å². The molecule has 4 nitrogen and oxygen atoms in total. The maximum Gasteiger partial charge on any atom is 0.104 e. The summed E-state index contributed by atoms with van der Waals surface area (Å²) in [7, 11) is 0. The zero-order chi connectivity index (χ0) is 8.15. The molecule has 10 heavy (non-hydrogen) atoms. The number of hydrogen-bond donors (Lipinski definition) is 3.